The van der Waals surface area contributed by atoms with Crippen molar-refractivity contribution in [2.45, 2.75) is 5.60 Å². The Labute approximate surface area is 145 Å². The third-order valence-electron chi connectivity index (χ3n) is 3.57. The van der Waals surface area contributed by atoms with Crippen LogP contribution in [0.1, 0.15) is 10.4 Å². The average Bonchev–Trinajstić information content (AvgIpc) is 3.05. The van der Waals surface area contributed by atoms with E-state index in [-0.39, 0.29) is 17.3 Å². The van der Waals surface area contributed by atoms with Gasteiger partial charge >= 0.3 is 0 Å². The third kappa shape index (κ3) is 3.05. The van der Waals surface area contributed by atoms with Gasteiger partial charge in [0, 0.05) is 23.4 Å². The zero-order chi connectivity index (χ0) is 17.3. The van der Waals surface area contributed by atoms with Gasteiger partial charge in [0.1, 0.15) is 28.1 Å². The van der Waals surface area contributed by atoms with Gasteiger partial charge in [0.2, 0.25) is 0 Å². The van der Waals surface area contributed by atoms with Crippen molar-refractivity contribution in [3.8, 4) is 10.6 Å². The van der Waals surface area contributed by atoms with Gasteiger partial charge in [-0.15, -0.1) is 22.9 Å². The van der Waals surface area contributed by atoms with E-state index in [1.807, 2.05) is 0 Å². The molecule has 24 heavy (non-hydrogen) atoms. The fourth-order valence-electron chi connectivity index (χ4n) is 2.29. The van der Waals surface area contributed by atoms with Crippen LogP contribution in [0.3, 0.4) is 0 Å². The maximum absolute atomic E-state index is 14.1. The van der Waals surface area contributed by atoms with Gasteiger partial charge in [-0.1, -0.05) is 0 Å². The Morgan fingerprint density at radius 1 is 1.04 bits per heavy atom. The molecule has 2 aromatic carbocycles. The number of benzene rings is 2. The molecular formula is C17H11ClF3NOS. The number of aromatic nitrogens is 1. The SMILES string of the molecule is OC(CCl)(c1cnc(-c2ccc(F)cc2)s1)c1ccc(F)cc1F. The molecular weight excluding hydrogens is 359 g/mol. The lowest BCUT2D eigenvalue weighted by molar-refractivity contribution is 0.105. The molecule has 124 valence electrons. The van der Waals surface area contributed by atoms with Crippen LogP contribution in [0.2, 0.25) is 0 Å². The van der Waals surface area contributed by atoms with Gasteiger partial charge < -0.3 is 5.11 Å². The predicted octanol–water partition coefficient (Wildman–Crippen LogP) is 4.70. The summed E-state index contributed by atoms with van der Waals surface area (Å²) >= 11 is 6.99. The van der Waals surface area contributed by atoms with Crippen LogP contribution < -0.4 is 0 Å². The Morgan fingerprint density at radius 2 is 1.71 bits per heavy atom. The second-order valence-electron chi connectivity index (χ2n) is 5.15. The maximum atomic E-state index is 14.1. The summed E-state index contributed by atoms with van der Waals surface area (Å²) < 4.78 is 40.2. The van der Waals surface area contributed by atoms with Crippen molar-refractivity contribution in [3.05, 3.63) is 76.6 Å². The van der Waals surface area contributed by atoms with Crippen LogP contribution in [-0.4, -0.2) is 16.0 Å². The van der Waals surface area contributed by atoms with E-state index in [1.54, 1.807) is 12.1 Å². The number of nitrogens with zero attached hydrogens (tertiary/aromatic N) is 1. The molecule has 0 spiro atoms. The van der Waals surface area contributed by atoms with Crippen molar-refractivity contribution < 1.29 is 18.3 Å². The summed E-state index contributed by atoms with van der Waals surface area (Å²) in [4.78, 5) is 4.49. The monoisotopic (exact) mass is 369 g/mol. The first-order valence-corrected chi connectivity index (χ1v) is 8.25. The number of thiazole rings is 1. The van der Waals surface area contributed by atoms with Crippen LogP contribution in [-0.2, 0) is 5.60 Å². The smallest absolute Gasteiger partial charge is 0.142 e. The molecule has 0 amide bonds. The van der Waals surface area contributed by atoms with Crippen LogP contribution >= 0.6 is 22.9 Å². The van der Waals surface area contributed by atoms with E-state index in [4.69, 9.17) is 11.6 Å². The quantitative estimate of drug-likeness (QED) is 0.676. The Morgan fingerprint density at radius 3 is 2.33 bits per heavy atom. The first-order chi connectivity index (χ1) is 11.4. The highest BCUT2D eigenvalue weighted by Gasteiger charge is 2.35. The molecule has 1 unspecified atom stereocenters. The molecule has 7 heteroatoms. The van der Waals surface area contributed by atoms with Crippen LogP contribution in [0.4, 0.5) is 13.2 Å². The molecule has 0 aliphatic rings. The molecule has 2 nitrogen and oxygen atoms in total. The van der Waals surface area contributed by atoms with Gasteiger partial charge in [0.05, 0.1) is 10.8 Å². The molecule has 1 atom stereocenters. The van der Waals surface area contributed by atoms with Gasteiger partial charge in [-0.2, -0.15) is 0 Å². The molecule has 3 rings (SSSR count). The molecule has 1 aromatic heterocycles. The Hall–Kier alpha value is -1.89. The summed E-state index contributed by atoms with van der Waals surface area (Å²) in [7, 11) is 0. The van der Waals surface area contributed by atoms with E-state index in [0.29, 0.717) is 21.5 Å². The maximum Gasteiger partial charge on any atom is 0.142 e. The van der Waals surface area contributed by atoms with E-state index in [1.165, 1.54) is 18.3 Å². The Bertz CT molecular complexity index is 869. The zero-order valence-corrected chi connectivity index (χ0v) is 13.7. The standard InChI is InChI=1S/C17H11ClF3NOS/c18-9-17(23,13-6-5-12(20)7-14(13)21)15-8-22-16(24-15)10-1-3-11(19)4-2-10/h1-8,23H,9H2. The van der Waals surface area contributed by atoms with Crippen molar-refractivity contribution in [3.63, 3.8) is 0 Å². The summed E-state index contributed by atoms with van der Waals surface area (Å²) in [5.41, 5.74) is -1.31. The normalized spacial score (nSPS) is 13.7. The predicted molar refractivity (Wildman–Crippen MR) is 87.6 cm³/mol. The molecule has 0 radical (unpaired) electrons. The molecule has 1 N–H and O–H groups in total. The fourth-order valence-corrected chi connectivity index (χ4v) is 3.68. The number of alkyl halides is 1. The van der Waals surface area contributed by atoms with Crippen molar-refractivity contribution >= 4 is 22.9 Å². The van der Waals surface area contributed by atoms with Gasteiger partial charge in [0.25, 0.3) is 0 Å². The zero-order valence-electron chi connectivity index (χ0n) is 12.1. The van der Waals surface area contributed by atoms with Gasteiger partial charge in [-0.25, -0.2) is 18.2 Å². The largest absolute Gasteiger partial charge is 0.378 e. The number of rotatable bonds is 4. The van der Waals surface area contributed by atoms with Crippen molar-refractivity contribution in [1.82, 2.24) is 4.98 Å². The summed E-state index contributed by atoms with van der Waals surface area (Å²) in [6.07, 6.45) is 1.38. The Balaban J connectivity index is 2.04. The highest BCUT2D eigenvalue weighted by Crippen LogP contribution is 2.38. The highest BCUT2D eigenvalue weighted by molar-refractivity contribution is 7.15. The summed E-state index contributed by atoms with van der Waals surface area (Å²) in [5, 5.41) is 11.4. The fraction of sp³-hybridized carbons (Fsp3) is 0.118. The van der Waals surface area contributed by atoms with Gasteiger partial charge in [-0.3, -0.25) is 0 Å². The van der Waals surface area contributed by atoms with E-state index in [0.717, 1.165) is 23.5 Å². The minimum absolute atomic E-state index is 0.131. The summed E-state index contributed by atoms with van der Waals surface area (Å²) in [6.45, 7) is 0. The lowest BCUT2D eigenvalue weighted by atomic mass is 9.94. The van der Waals surface area contributed by atoms with Crippen LogP contribution in [0.25, 0.3) is 10.6 Å². The second-order valence-corrected chi connectivity index (χ2v) is 6.45. The van der Waals surface area contributed by atoms with Crippen LogP contribution in [0, 0.1) is 17.5 Å². The highest BCUT2D eigenvalue weighted by atomic mass is 35.5. The molecule has 1 heterocycles. The topological polar surface area (TPSA) is 33.1 Å². The van der Waals surface area contributed by atoms with E-state index in [9.17, 15) is 18.3 Å². The Kier molecular flexibility index (Phi) is 4.62. The molecule has 0 saturated heterocycles. The van der Waals surface area contributed by atoms with Gasteiger partial charge in [0.15, 0.2) is 0 Å². The number of hydrogen-bond acceptors (Lipinski definition) is 3. The molecule has 0 bridgehead atoms. The molecule has 0 saturated carbocycles. The lowest BCUT2D eigenvalue weighted by Gasteiger charge is -2.25. The number of aliphatic hydroxyl groups is 1. The summed E-state index contributed by atoms with van der Waals surface area (Å²) in [6, 6.07) is 8.59. The first kappa shape index (κ1) is 17.0. The number of halogens is 4. The van der Waals surface area contributed by atoms with E-state index >= 15 is 0 Å². The third-order valence-corrected chi connectivity index (χ3v) is 5.16. The van der Waals surface area contributed by atoms with Crippen LogP contribution in [0.15, 0.2) is 48.7 Å². The minimum atomic E-state index is -1.84. The molecule has 0 fully saturated rings. The van der Waals surface area contributed by atoms with Crippen molar-refractivity contribution in [2.75, 3.05) is 5.88 Å². The second kappa shape index (κ2) is 6.55. The van der Waals surface area contributed by atoms with Gasteiger partial charge in [-0.05, 0) is 36.4 Å². The molecule has 3 aromatic rings. The molecule has 0 aliphatic carbocycles. The lowest BCUT2D eigenvalue weighted by Crippen LogP contribution is -2.29. The average molecular weight is 370 g/mol. The summed E-state index contributed by atoms with van der Waals surface area (Å²) in [5.74, 6) is -2.35. The van der Waals surface area contributed by atoms with Crippen LogP contribution in [0.5, 0.6) is 0 Å². The number of hydrogen-bond donors (Lipinski definition) is 1. The minimum Gasteiger partial charge on any atom is -0.378 e. The van der Waals surface area contributed by atoms with E-state index < -0.39 is 17.2 Å². The molecule has 0 aliphatic heterocycles. The van der Waals surface area contributed by atoms with Crippen molar-refractivity contribution in [2.24, 2.45) is 0 Å². The van der Waals surface area contributed by atoms with E-state index in [2.05, 4.69) is 4.98 Å². The first-order valence-electron chi connectivity index (χ1n) is 6.90. The van der Waals surface area contributed by atoms with Crippen molar-refractivity contribution in [1.29, 1.82) is 0 Å².